The molecule has 0 aliphatic rings. The van der Waals surface area contributed by atoms with Crippen molar-refractivity contribution in [3.8, 4) is 0 Å². The van der Waals surface area contributed by atoms with E-state index in [1.54, 1.807) is 12.1 Å². The molecule has 0 spiro atoms. The quantitative estimate of drug-likeness (QED) is 0.735. The summed E-state index contributed by atoms with van der Waals surface area (Å²) in [4.78, 5) is 12.7. The second-order valence-electron chi connectivity index (χ2n) is 5.17. The normalized spacial score (nSPS) is 10.9. The molecule has 0 atom stereocenters. The maximum absolute atomic E-state index is 12.7. The highest BCUT2D eigenvalue weighted by Crippen LogP contribution is 2.27. The zero-order valence-corrected chi connectivity index (χ0v) is 13.3. The molecular formula is C18H17ClN2O. The van der Waals surface area contributed by atoms with E-state index >= 15 is 0 Å². The third-order valence-electron chi connectivity index (χ3n) is 3.88. The van der Waals surface area contributed by atoms with Crippen molar-refractivity contribution in [3.63, 3.8) is 0 Å². The highest BCUT2D eigenvalue weighted by atomic mass is 35.5. The van der Waals surface area contributed by atoms with Crippen molar-refractivity contribution in [2.24, 2.45) is 0 Å². The summed E-state index contributed by atoms with van der Waals surface area (Å²) in [5.74, 6) is -0.136. The summed E-state index contributed by atoms with van der Waals surface area (Å²) >= 11 is 6.13. The zero-order chi connectivity index (χ0) is 15.7. The predicted octanol–water partition coefficient (Wildman–Crippen LogP) is 4.88. The van der Waals surface area contributed by atoms with Crippen LogP contribution < -0.4 is 5.32 Å². The molecule has 0 radical (unpaired) electrons. The van der Waals surface area contributed by atoms with Crippen LogP contribution in [0.4, 0.5) is 5.69 Å². The lowest BCUT2D eigenvalue weighted by Gasteiger charge is -2.10. The van der Waals surface area contributed by atoms with Gasteiger partial charge < -0.3 is 9.88 Å². The molecule has 3 nitrogen and oxygen atoms in total. The summed E-state index contributed by atoms with van der Waals surface area (Å²) in [5.41, 5.74) is 3.37. The topological polar surface area (TPSA) is 34.0 Å². The molecule has 112 valence electrons. The Labute approximate surface area is 134 Å². The van der Waals surface area contributed by atoms with Gasteiger partial charge in [0.25, 0.3) is 5.91 Å². The summed E-state index contributed by atoms with van der Waals surface area (Å²) in [5, 5.41) is 4.55. The number of aryl methyl sites for hydroxylation is 2. The Morgan fingerprint density at radius 2 is 1.82 bits per heavy atom. The summed E-state index contributed by atoms with van der Waals surface area (Å²) in [7, 11) is 0. The average molecular weight is 313 g/mol. The highest BCUT2D eigenvalue weighted by molar-refractivity contribution is 6.33. The Hall–Kier alpha value is -2.26. The summed E-state index contributed by atoms with van der Waals surface area (Å²) in [6, 6.07) is 15.3. The van der Waals surface area contributed by atoms with E-state index < -0.39 is 0 Å². The molecule has 1 aromatic heterocycles. The molecule has 1 heterocycles. The lowest BCUT2D eigenvalue weighted by molar-refractivity contribution is 0.101. The van der Waals surface area contributed by atoms with Crippen LogP contribution in [0, 0.1) is 6.92 Å². The Morgan fingerprint density at radius 1 is 1.14 bits per heavy atom. The number of fused-ring (bicyclic) bond motifs is 1. The minimum absolute atomic E-state index is 0.136. The SMILES string of the molecule is CCn1c(C(=O)Nc2ccccc2Cl)c(C)c2ccccc21. The van der Waals surface area contributed by atoms with Gasteiger partial charge in [-0.3, -0.25) is 4.79 Å². The minimum atomic E-state index is -0.136. The number of anilines is 1. The van der Waals surface area contributed by atoms with Crippen LogP contribution in [0.3, 0.4) is 0 Å². The molecule has 0 aliphatic carbocycles. The maximum Gasteiger partial charge on any atom is 0.272 e. The molecule has 1 N–H and O–H groups in total. The number of amides is 1. The second kappa shape index (κ2) is 5.85. The van der Waals surface area contributed by atoms with E-state index in [-0.39, 0.29) is 5.91 Å². The molecule has 4 heteroatoms. The fraction of sp³-hybridized carbons (Fsp3) is 0.167. The Morgan fingerprint density at radius 3 is 2.55 bits per heavy atom. The zero-order valence-electron chi connectivity index (χ0n) is 12.6. The molecule has 0 saturated heterocycles. The van der Waals surface area contributed by atoms with Gasteiger partial charge in [0.05, 0.1) is 10.7 Å². The largest absolute Gasteiger partial charge is 0.337 e. The molecule has 1 amide bonds. The number of aromatic nitrogens is 1. The van der Waals surface area contributed by atoms with Crippen LogP contribution in [0.1, 0.15) is 23.0 Å². The molecule has 0 bridgehead atoms. The lowest BCUT2D eigenvalue weighted by Crippen LogP contribution is -2.18. The molecular weight excluding hydrogens is 296 g/mol. The van der Waals surface area contributed by atoms with Gasteiger partial charge in [0.1, 0.15) is 5.69 Å². The van der Waals surface area contributed by atoms with Crippen molar-refractivity contribution >= 4 is 34.1 Å². The molecule has 3 aromatic rings. The van der Waals surface area contributed by atoms with Crippen molar-refractivity contribution < 1.29 is 4.79 Å². The van der Waals surface area contributed by atoms with Crippen LogP contribution in [0.15, 0.2) is 48.5 Å². The van der Waals surface area contributed by atoms with Crippen molar-refractivity contribution in [2.75, 3.05) is 5.32 Å². The lowest BCUT2D eigenvalue weighted by atomic mass is 10.1. The van der Waals surface area contributed by atoms with E-state index in [0.717, 1.165) is 23.0 Å². The van der Waals surface area contributed by atoms with E-state index in [2.05, 4.69) is 5.32 Å². The van der Waals surface area contributed by atoms with Crippen LogP contribution in [-0.4, -0.2) is 10.5 Å². The first-order chi connectivity index (χ1) is 10.6. The van der Waals surface area contributed by atoms with Gasteiger partial charge in [-0.25, -0.2) is 0 Å². The summed E-state index contributed by atoms with van der Waals surface area (Å²) in [6.07, 6.45) is 0. The van der Waals surface area contributed by atoms with Gasteiger partial charge in [0.2, 0.25) is 0 Å². The molecule has 0 saturated carbocycles. The van der Waals surface area contributed by atoms with Crippen LogP contribution >= 0.6 is 11.6 Å². The Balaban J connectivity index is 2.08. The van der Waals surface area contributed by atoms with Crippen LogP contribution in [-0.2, 0) is 6.54 Å². The number of benzene rings is 2. The number of para-hydroxylation sites is 2. The van der Waals surface area contributed by atoms with Gasteiger partial charge in [-0.15, -0.1) is 0 Å². The summed E-state index contributed by atoms with van der Waals surface area (Å²) in [6.45, 7) is 4.76. The fourth-order valence-electron chi connectivity index (χ4n) is 2.84. The number of hydrogen-bond acceptors (Lipinski definition) is 1. The van der Waals surface area contributed by atoms with Crippen LogP contribution in [0.25, 0.3) is 10.9 Å². The molecule has 22 heavy (non-hydrogen) atoms. The number of carbonyl (C=O) groups excluding carboxylic acids is 1. The number of nitrogens with one attached hydrogen (secondary N) is 1. The fourth-order valence-corrected chi connectivity index (χ4v) is 3.02. The first kappa shape index (κ1) is 14.7. The third kappa shape index (κ3) is 2.38. The minimum Gasteiger partial charge on any atom is -0.337 e. The first-order valence-corrected chi connectivity index (χ1v) is 7.65. The number of rotatable bonds is 3. The van der Waals surface area contributed by atoms with Gasteiger partial charge in [-0.1, -0.05) is 41.9 Å². The third-order valence-corrected chi connectivity index (χ3v) is 4.21. The standard InChI is InChI=1S/C18H17ClN2O/c1-3-21-16-11-7-4-8-13(16)12(2)17(21)18(22)20-15-10-6-5-9-14(15)19/h4-11H,3H2,1-2H3,(H,20,22). The average Bonchev–Trinajstić information content (AvgIpc) is 2.82. The molecule has 3 rings (SSSR count). The van der Waals surface area contributed by atoms with E-state index in [0.29, 0.717) is 16.4 Å². The molecule has 0 unspecified atom stereocenters. The van der Waals surface area contributed by atoms with Crippen LogP contribution in [0.2, 0.25) is 5.02 Å². The van der Waals surface area contributed by atoms with Crippen molar-refractivity contribution in [1.82, 2.24) is 4.57 Å². The second-order valence-corrected chi connectivity index (χ2v) is 5.58. The maximum atomic E-state index is 12.7. The molecule has 2 aromatic carbocycles. The van der Waals surface area contributed by atoms with Crippen molar-refractivity contribution in [1.29, 1.82) is 0 Å². The predicted molar refractivity (Wildman–Crippen MR) is 91.8 cm³/mol. The van der Waals surface area contributed by atoms with E-state index in [9.17, 15) is 4.79 Å². The molecule has 0 aliphatic heterocycles. The van der Waals surface area contributed by atoms with Gasteiger partial charge in [0.15, 0.2) is 0 Å². The molecule has 0 fully saturated rings. The van der Waals surface area contributed by atoms with Crippen molar-refractivity contribution in [2.45, 2.75) is 20.4 Å². The number of halogens is 1. The van der Waals surface area contributed by atoms with Gasteiger partial charge in [-0.05, 0) is 37.6 Å². The summed E-state index contributed by atoms with van der Waals surface area (Å²) < 4.78 is 2.04. The van der Waals surface area contributed by atoms with Crippen LogP contribution in [0.5, 0.6) is 0 Å². The van der Waals surface area contributed by atoms with E-state index in [4.69, 9.17) is 11.6 Å². The van der Waals surface area contributed by atoms with Gasteiger partial charge >= 0.3 is 0 Å². The van der Waals surface area contributed by atoms with Gasteiger partial charge in [0, 0.05) is 17.4 Å². The Kier molecular flexibility index (Phi) is 3.90. The number of nitrogens with zero attached hydrogens (tertiary/aromatic N) is 1. The smallest absolute Gasteiger partial charge is 0.272 e. The Bertz CT molecular complexity index is 851. The highest BCUT2D eigenvalue weighted by Gasteiger charge is 2.19. The monoisotopic (exact) mass is 312 g/mol. The number of carbonyl (C=O) groups is 1. The van der Waals surface area contributed by atoms with Crippen molar-refractivity contribution in [3.05, 3.63) is 64.8 Å². The van der Waals surface area contributed by atoms with Gasteiger partial charge in [-0.2, -0.15) is 0 Å². The first-order valence-electron chi connectivity index (χ1n) is 7.27. The van der Waals surface area contributed by atoms with E-state index in [1.807, 2.05) is 54.8 Å². The van der Waals surface area contributed by atoms with E-state index in [1.165, 1.54) is 0 Å². The number of hydrogen-bond donors (Lipinski definition) is 1.